The van der Waals surface area contributed by atoms with Crippen LogP contribution in [-0.4, -0.2) is 27.6 Å². The molecule has 5 heteroatoms. The largest absolute Gasteiger partial charge is 0.388 e. The summed E-state index contributed by atoms with van der Waals surface area (Å²) in [4.78, 5) is 15.4. The normalized spacial score (nSPS) is 13.7. The first-order chi connectivity index (χ1) is 6.41. The van der Waals surface area contributed by atoms with Gasteiger partial charge in [0, 0.05) is 11.6 Å². The van der Waals surface area contributed by atoms with Crippen LogP contribution in [0.25, 0.3) is 0 Å². The van der Waals surface area contributed by atoms with Crippen LogP contribution in [0.1, 0.15) is 30.6 Å². The molecular weight excluding hydrogens is 200 g/mol. The average molecular weight is 214 g/mol. The highest BCUT2D eigenvalue weighted by Crippen LogP contribution is 2.09. The van der Waals surface area contributed by atoms with E-state index in [0.717, 1.165) is 0 Å². The topological polar surface area (TPSA) is 62.2 Å². The molecule has 0 saturated carbocycles. The molecule has 14 heavy (non-hydrogen) atoms. The molecule has 0 aromatic carbocycles. The van der Waals surface area contributed by atoms with Gasteiger partial charge >= 0.3 is 0 Å². The van der Waals surface area contributed by atoms with Gasteiger partial charge in [-0.3, -0.25) is 4.79 Å². The average Bonchev–Trinajstić information content (AvgIpc) is 2.53. The molecule has 0 radical (unpaired) electrons. The third-order valence-corrected chi connectivity index (χ3v) is 2.81. The zero-order valence-electron chi connectivity index (χ0n) is 8.44. The molecule has 0 aliphatic rings. The Kier molecular flexibility index (Phi) is 3.23. The summed E-state index contributed by atoms with van der Waals surface area (Å²) in [5, 5.41) is 14.4. The molecule has 0 fully saturated rings. The zero-order valence-corrected chi connectivity index (χ0v) is 9.26. The number of hydrogen-bond donors (Lipinski definition) is 2. The van der Waals surface area contributed by atoms with Gasteiger partial charge in [0.2, 0.25) is 0 Å². The van der Waals surface area contributed by atoms with Crippen molar-refractivity contribution >= 4 is 17.2 Å². The highest BCUT2D eigenvalue weighted by Gasteiger charge is 2.24. The quantitative estimate of drug-likeness (QED) is 0.790. The van der Waals surface area contributed by atoms with Crippen molar-refractivity contribution in [1.82, 2.24) is 10.3 Å². The van der Waals surface area contributed by atoms with Crippen molar-refractivity contribution in [1.29, 1.82) is 0 Å². The summed E-state index contributed by atoms with van der Waals surface area (Å²) in [6.07, 6.45) is 1.58. The van der Waals surface area contributed by atoms with Crippen molar-refractivity contribution in [3.05, 3.63) is 16.6 Å². The fraction of sp³-hybridized carbons (Fsp3) is 0.556. The minimum absolute atomic E-state index is 0.241. The Bertz CT molecular complexity index is 303. The van der Waals surface area contributed by atoms with Crippen molar-refractivity contribution in [2.45, 2.75) is 32.4 Å². The molecule has 1 rings (SSSR count). The van der Waals surface area contributed by atoms with E-state index in [1.54, 1.807) is 32.3 Å². The minimum atomic E-state index is -0.924. The minimum Gasteiger partial charge on any atom is -0.388 e. The van der Waals surface area contributed by atoms with Crippen molar-refractivity contribution in [3.8, 4) is 0 Å². The first-order valence-electron chi connectivity index (χ1n) is 4.34. The van der Waals surface area contributed by atoms with Crippen molar-refractivity contribution < 1.29 is 9.90 Å². The van der Waals surface area contributed by atoms with Gasteiger partial charge in [-0.1, -0.05) is 0 Å². The molecule has 1 aromatic heterocycles. The first-order valence-corrected chi connectivity index (χ1v) is 5.22. The summed E-state index contributed by atoms with van der Waals surface area (Å²) < 4.78 is 0. The first kappa shape index (κ1) is 11.1. The van der Waals surface area contributed by atoms with Crippen molar-refractivity contribution in [2.24, 2.45) is 0 Å². The van der Waals surface area contributed by atoms with E-state index in [4.69, 9.17) is 0 Å². The highest BCUT2D eigenvalue weighted by molar-refractivity contribution is 7.11. The monoisotopic (exact) mass is 214 g/mol. The number of carbonyl (C=O) groups excluding carboxylic acids is 1. The fourth-order valence-electron chi connectivity index (χ4n) is 0.771. The maximum atomic E-state index is 11.5. The Balaban J connectivity index is 2.58. The predicted molar refractivity (Wildman–Crippen MR) is 55.3 cm³/mol. The number of hydrogen-bond acceptors (Lipinski definition) is 4. The Morgan fingerprint density at radius 3 is 2.79 bits per heavy atom. The fourth-order valence-corrected chi connectivity index (χ4v) is 1.31. The number of thiazole rings is 1. The Labute approximate surface area is 87.0 Å². The van der Waals surface area contributed by atoms with Gasteiger partial charge in [0.05, 0.1) is 11.6 Å². The van der Waals surface area contributed by atoms with Gasteiger partial charge in [-0.15, -0.1) is 11.3 Å². The molecule has 4 nitrogen and oxygen atoms in total. The van der Waals surface area contributed by atoms with Crippen LogP contribution in [-0.2, 0) is 0 Å². The van der Waals surface area contributed by atoms with Gasteiger partial charge in [0.15, 0.2) is 5.01 Å². The van der Waals surface area contributed by atoms with Gasteiger partial charge in [0.1, 0.15) is 0 Å². The molecule has 2 N–H and O–H groups in total. The zero-order chi connectivity index (χ0) is 10.8. The molecule has 0 bridgehead atoms. The van der Waals surface area contributed by atoms with E-state index in [-0.39, 0.29) is 11.9 Å². The van der Waals surface area contributed by atoms with E-state index in [1.807, 2.05) is 0 Å². The third-order valence-electron chi connectivity index (χ3n) is 2.03. The van der Waals surface area contributed by atoms with Crippen molar-refractivity contribution in [2.75, 3.05) is 0 Å². The molecule has 0 saturated heterocycles. The number of aliphatic hydroxyl groups is 1. The molecule has 1 unspecified atom stereocenters. The number of nitrogens with one attached hydrogen (secondary N) is 1. The lowest BCUT2D eigenvalue weighted by Gasteiger charge is -2.26. The van der Waals surface area contributed by atoms with E-state index in [0.29, 0.717) is 5.01 Å². The van der Waals surface area contributed by atoms with E-state index in [2.05, 4.69) is 10.3 Å². The van der Waals surface area contributed by atoms with Crippen LogP contribution in [0.5, 0.6) is 0 Å². The third kappa shape index (κ3) is 2.78. The lowest BCUT2D eigenvalue weighted by atomic mass is 10.0. The summed E-state index contributed by atoms with van der Waals surface area (Å²) in [6.45, 7) is 5.06. The summed E-state index contributed by atoms with van der Waals surface area (Å²) >= 11 is 1.28. The van der Waals surface area contributed by atoms with Gasteiger partial charge in [-0.2, -0.15) is 0 Å². The van der Waals surface area contributed by atoms with Crippen LogP contribution in [0, 0.1) is 0 Å². The molecule has 0 aliphatic carbocycles. The van der Waals surface area contributed by atoms with Crippen LogP contribution >= 0.6 is 11.3 Å². The Hall–Kier alpha value is -0.940. The summed E-state index contributed by atoms with van der Waals surface area (Å²) in [5.41, 5.74) is -0.924. The molecule has 78 valence electrons. The van der Waals surface area contributed by atoms with Gasteiger partial charge < -0.3 is 10.4 Å². The smallest absolute Gasteiger partial charge is 0.280 e. The molecule has 1 amide bonds. The molecule has 1 atom stereocenters. The van der Waals surface area contributed by atoms with E-state index in [1.165, 1.54) is 11.3 Å². The van der Waals surface area contributed by atoms with Gasteiger partial charge in [-0.25, -0.2) is 4.98 Å². The van der Waals surface area contributed by atoms with E-state index >= 15 is 0 Å². The number of amides is 1. The standard InChI is InChI=1S/C9H14N2O2S/c1-6(9(2,3)13)11-7(12)8-10-4-5-14-8/h4-6,13H,1-3H3,(H,11,12). The van der Waals surface area contributed by atoms with Crippen LogP contribution in [0.3, 0.4) is 0 Å². The van der Waals surface area contributed by atoms with Crippen LogP contribution in [0.2, 0.25) is 0 Å². The Morgan fingerprint density at radius 2 is 2.36 bits per heavy atom. The lowest BCUT2D eigenvalue weighted by Crippen LogP contribution is -2.47. The molecular formula is C9H14N2O2S. The van der Waals surface area contributed by atoms with Gasteiger partial charge in [0.25, 0.3) is 5.91 Å². The second-order valence-electron chi connectivity index (χ2n) is 3.69. The van der Waals surface area contributed by atoms with Crippen molar-refractivity contribution in [3.63, 3.8) is 0 Å². The highest BCUT2D eigenvalue weighted by atomic mass is 32.1. The Morgan fingerprint density at radius 1 is 1.71 bits per heavy atom. The maximum absolute atomic E-state index is 11.5. The van der Waals surface area contributed by atoms with Crippen LogP contribution < -0.4 is 5.32 Å². The number of aromatic nitrogens is 1. The molecule has 1 aromatic rings. The second-order valence-corrected chi connectivity index (χ2v) is 4.58. The van der Waals surface area contributed by atoms with Gasteiger partial charge in [-0.05, 0) is 20.8 Å². The summed E-state index contributed by atoms with van der Waals surface area (Å²) in [6, 6.07) is -0.307. The SMILES string of the molecule is CC(NC(=O)c1nccs1)C(C)(C)O. The maximum Gasteiger partial charge on any atom is 0.280 e. The van der Waals surface area contributed by atoms with Crippen LogP contribution in [0.4, 0.5) is 0 Å². The summed E-state index contributed by atoms with van der Waals surface area (Å²) in [5.74, 6) is -0.241. The number of nitrogens with zero attached hydrogens (tertiary/aromatic N) is 1. The number of carbonyl (C=O) groups is 1. The molecule has 0 spiro atoms. The molecule has 0 aliphatic heterocycles. The molecule has 1 heterocycles. The van der Waals surface area contributed by atoms with Crippen LogP contribution in [0.15, 0.2) is 11.6 Å². The lowest BCUT2D eigenvalue weighted by molar-refractivity contribution is 0.0409. The second kappa shape index (κ2) is 4.06. The summed E-state index contributed by atoms with van der Waals surface area (Å²) in [7, 11) is 0. The predicted octanol–water partition coefficient (Wildman–Crippen LogP) is 1.03. The number of rotatable bonds is 3. The van der Waals surface area contributed by atoms with E-state index < -0.39 is 5.60 Å². The van der Waals surface area contributed by atoms with E-state index in [9.17, 15) is 9.90 Å².